The number of nitrogens with zero attached hydrogens (tertiary/aromatic N) is 3. The Bertz CT molecular complexity index is 3420. The molecule has 4 aromatic heterocycles. The first-order valence-corrected chi connectivity index (χ1v) is 18.8. The molecule has 0 fully saturated rings. The van der Waals surface area contributed by atoms with E-state index in [0.717, 1.165) is 32.5 Å². The van der Waals surface area contributed by atoms with Crippen molar-refractivity contribution in [2.24, 2.45) is 0 Å². The zero-order chi connectivity index (χ0) is 33.2. The van der Waals surface area contributed by atoms with Gasteiger partial charge in [-0.2, -0.15) is 0 Å². The van der Waals surface area contributed by atoms with Gasteiger partial charge in [-0.1, -0.05) is 140 Å². The molecule has 0 radical (unpaired) electrons. The molecule has 3 nitrogen and oxygen atoms in total. The number of hydrogen-bond acceptors (Lipinski definition) is 4. The average Bonchev–Trinajstić information content (AvgIpc) is 3.88. The van der Waals surface area contributed by atoms with Crippen molar-refractivity contribution in [1.29, 1.82) is 0 Å². The van der Waals surface area contributed by atoms with E-state index in [0.29, 0.717) is 5.95 Å². The molecule has 0 saturated heterocycles. The monoisotopic (exact) mass is 683 g/mol. The first-order chi connectivity index (χ1) is 25.3. The van der Waals surface area contributed by atoms with Gasteiger partial charge in [0, 0.05) is 62.8 Å². The summed E-state index contributed by atoms with van der Waals surface area (Å²) in [4.78, 5) is 12.2. The molecule has 0 spiro atoms. The topological polar surface area (TPSA) is 30.7 Å². The minimum atomic E-state index is 0.694. The maximum absolute atomic E-state index is 5.64. The average molecular weight is 684 g/mol. The highest BCUT2D eigenvalue weighted by molar-refractivity contribution is 7.27. The number of thiophene rings is 2. The Morgan fingerprint density at radius 1 is 0.392 bits per heavy atom. The molecule has 0 amide bonds. The zero-order valence-corrected chi connectivity index (χ0v) is 28.7. The molecule has 12 aromatic rings. The van der Waals surface area contributed by atoms with Gasteiger partial charge >= 0.3 is 0 Å². The molecular formula is C46H25N3S2. The van der Waals surface area contributed by atoms with Gasteiger partial charge < -0.3 is 0 Å². The zero-order valence-electron chi connectivity index (χ0n) is 27.1. The third-order valence-corrected chi connectivity index (χ3v) is 12.9. The lowest BCUT2D eigenvalue weighted by Gasteiger charge is -2.12. The van der Waals surface area contributed by atoms with Crippen LogP contribution in [0, 0.1) is 0 Å². The number of benzene rings is 8. The quantitative estimate of drug-likeness (QED) is 0.170. The molecule has 8 aromatic carbocycles. The number of rotatable bonds is 2. The van der Waals surface area contributed by atoms with Crippen LogP contribution in [0.5, 0.6) is 0 Å². The third-order valence-electron chi connectivity index (χ3n) is 10.6. The van der Waals surface area contributed by atoms with E-state index in [9.17, 15) is 0 Å². The lowest BCUT2D eigenvalue weighted by molar-refractivity contribution is 1.02. The second-order valence-electron chi connectivity index (χ2n) is 13.2. The van der Waals surface area contributed by atoms with E-state index in [4.69, 9.17) is 9.97 Å². The van der Waals surface area contributed by atoms with Crippen LogP contribution in [0.1, 0.15) is 0 Å². The van der Waals surface area contributed by atoms with Crippen LogP contribution in [0.25, 0.3) is 112 Å². The van der Waals surface area contributed by atoms with Gasteiger partial charge in [-0.25, -0.2) is 9.97 Å². The van der Waals surface area contributed by atoms with Crippen molar-refractivity contribution in [1.82, 2.24) is 14.5 Å². The third kappa shape index (κ3) is 3.66. The molecule has 12 rings (SSSR count). The maximum atomic E-state index is 5.64. The summed E-state index contributed by atoms with van der Waals surface area (Å²) < 4.78 is 6.19. The number of hydrogen-bond donors (Lipinski definition) is 0. The summed E-state index contributed by atoms with van der Waals surface area (Å²) in [5.74, 6) is 0.694. The van der Waals surface area contributed by atoms with E-state index in [1.165, 1.54) is 73.3 Å². The molecule has 0 N–H and O–H groups in total. The largest absolute Gasteiger partial charge is 0.277 e. The number of aromatic nitrogens is 3. The molecule has 0 aliphatic heterocycles. The van der Waals surface area contributed by atoms with Crippen LogP contribution in [0.2, 0.25) is 0 Å². The lowest BCUT2D eigenvalue weighted by Crippen LogP contribution is -2.03. The van der Waals surface area contributed by atoms with Crippen LogP contribution in [0.3, 0.4) is 0 Å². The summed E-state index contributed by atoms with van der Waals surface area (Å²) >= 11 is 3.66. The van der Waals surface area contributed by atoms with Gasteiger partial charge in [0.2, 0.25) is 5.95 Å². The summed E-state index contributed by atoms with van der Waals surface area (Å²) in [5, 5.41) is 14.9. The van der Waals surface area contributed by atoms with E-state index in [1.54, 1.807) is 11.3 Å². The molecular weight excluding hydrogens is 659 g/mol. The molecule has 0 aliphatic carbocycles. The molecule has 236 valence electrons. The summed E-state index contributed by atoms with van der Waals surface area (Å²) in [6, 6.07) is 54.7. The fourth-order valence-corrected chi connectivity index (χ4v) is 11.0. The Morgan fingerprint density at radius 3 is 1.71 bits per heavy atom. The van der Waals surface area contributed by atoms with Crippen molar-refractivity contribution >= 4 is 117 Å². The molecule has 4 heterocycles. The van der Waals surface area contributed by atoms with Gasteiger partial charge in [-0.05, 0) is 33.7 Å². The van der Waals surface area contributed by atoms with E-state index >= 15 is 0 Å². The molecule has 0 saturated carbocycles. The van der Waals surface area contributed by atoms with Crippen LogP contribution < -0.4 is 0 Å². The minimum absolute atomic E-state index is 0.694. The van der Waals surface area contributed by atoms with Gasteiger partial charge in [0.25, 0.3) is 0 Å². The highest BCUT2D eigenvalue weighted by Gasteiger charge is 2.25. The van der Waals surface area contributed by atoms with Crippen molar-refractivity contribution in [3.8, 4) is 17.2 Å². The van der Waals surface area contributed by atoms with Crippen molar-refractivity contribution in [2.75, 3.05) is 0 Å². The fourth-order valence-electron chi connectivity index (χ4n) is 8.52. The number of fused-ring (bicyclic) bond motifs is 18. The second-order valence-corrected chi connectivity index (χ2v) is 15.3. The van der Waals surface area contributed by atoms with E-state index in [2.05, 4.69) is 156 Å². The smallest absolute Gasteiger partial charge is 0.236 e. The predicted molar refractivity (Wildman–Crippen MR) is 220 cm³/mol. The lowest BCUT2D eigenvalue weighted by atomic mass is 9.96. The molecule has 51 heavy (non-hydrogen) atoms. The first-order valence-electron chi connectivity index (χ1n) is 17.2. The van der Waals surface area contributed by atoms with Crippen LogP contribution in [-0.4, -0.2) is 14.5 Å². The van der Waals surface area contributed by atoms with Crippen molar-refractivity contribution in [3.05, 3.63) is 152 Å². The molecule has 0 unspecified atom stereocenters. The van der Waals surface area contributed by atoms with Crippen molar-refractivity contribution in [2.45, 2.75) is 0 Å². The molecule has 0 bridgehead atoms. The van der Waals surface area contributed by atoms with Gasteiger partial charge in [-0.15, -0.1) is 22.7 Å². The second kappa shape index (κ2) is 10.2. The van der Waals surface area contributed by atoms with Crippen molar-refractivity contribution in [3.63, 3.8) is 0 Å². The Labute approximate surface area is 299 Å². The van der Waals surface area contributed by atoms with Gasteiger partial charge in [-0.3, -0.25) is 4.57 Å². The highest BCUT2D eigenvalue weighted by atomic mass is 32.1. The summed E-state index contributed by atoms with van der Waals surface area (Å²) in [5.41, 5.74) is 4.31. The Kier molecular flexibility index (Phi) is 5.53. The highest BCUT2D eigenvalue weighted by Crippen LogP contribution is 2.49. The van der Waals surface area contributed by atoms with E-state index in [1.807, 2.05) is 11.3 Å². The maximum Gasteiger partial charge on any atom is 0.236 e. The van der Waals surface area contributed by atoms with Gasteiger partial charge in [0.15, 0.2) is 0 Å². The first kappa shape index (κ1) is 27.7. The van der Waals surface area contributed by atoms with Crippen LogP contribution >= 0.6 is 22.7 Å². The van der Waals surface area contributed by atoms with Gasteiger partial charge in [0.1, 0.15) is 4.83 Å². The standard InChI is InChI=1S/C46H25N3S2/c1-2-14-26(15-3-1)41-40-38-29-18-6-4-16-27(29)28-17-5-8-20-31(28)43(38)51-45(40)48-46(47-41)49-35-24-12-10-22-33(35)37-30-19-7-9-21-32(30)44-39(42(37)49)34-23-11-13-25-36(34)50-44/h1-25H. The Morgan fingerprint density at radius 2 is 0.941 bits per heavy atom. The molecule has 0 aliphatic rings. The van der Waals surface area contributed by atoms with E-state index < -0.39 is 0 Å². The number of para-hydroxylation sites is 1. The Hall–Kier alpha value is -6.14. The minimum Gasteiger partial charge on any atom is -0.277 e. The van der Waals surface area contributed by atoms with Crippen LogP contribution in [0.15, 0.2) is 152 Å². The van der Waals surface area contributed by atoms with Crippen LogP contribution in [0.4, 0.5) is 0 Å². The SMILES string of the molecule is c1ccc(-c2nc(-n3c4ccccc4c4c5ccccc5c5sc6ccccc6c5c43)nc3sc4c5ccccc5c5ccccc5c4c23)cc1. The predicted octanol–water partition coefficient (Wildman–Crippen LogP) is 13.4. The van der Waals surface area contributed by atoms with Gasteiger partial charge in [0.05, 0.1) is 16.7 Å². The molecule has 0 atom stereocenters. The Balaban J connectivity index is 1.33. The van der Waals surface area contributed by atoms with Crippen molar-refractivity contribution < 1.29 is 0 Å². The van der Waals surface area contributed by atoms with Crippen LogP contribution in [-0.2, 0) is 0 Å². The summed E-state index contributed by atoms with van der Waals surface area (Å²) in [7, 11) is 0. The normalized spacial score (nSPS) is 12.3. The fraction of sp³-hybridized carbons (Fsp3) is 0. The molecule has 5 heteroatoms. The summed E-state index contributed by atoms with van der Waals surface area (Å²) in [6.45, 7) is 0. The van der Waals surface area contributed by atoms with E-state index in [-0.39, 0.29) is 0 Å². The summed E-state index contributed by atoms with van der Waals surface area (Å²) in [6.07, 6.45) is 0.